The van der Waals surface area contributed by atoms with Crippen LogP contribution in [0.4, 0.5) is 0 Å². The Hall–Kier alpha value is -0.930. The van der Waals surface area contributed by atoms with Crippen LogP contribution in [-0.4, -0.2) is 54.3 Å². The molecular formula is C31H50N2O. The minimum absolute atomic E-state index is 0.321. The number of carbonyl (C=O) groups excluding carboxylic acids is 1. The Morgan fingerprint density at radius 3 is 2.41 bits per heavy atom. The predicted octanol–water partition coefficient (Wildman–Crippen LogP) is 6.79. The first-order valence-corrected chi connectivity index (χ1v) is 15.1. The van der Waals surface area contributed by atoms with E-state index in [0.717, 1.165) is 31.2 Å². The SMILES string of the molecule is O=C1CCN2CC[C@H]3C4C=C5CCCCCC[C@@H]1[C@H]2[C@H]3CCCCCC/C=C\CCCN(C5)C4. The molecular weight excluding hydrogens is 416 g/mol. The normalized spacial score (nSPS) is 40.0. The van der Waals surface area contributed by atoms with Crippen LogP contribution in [0.3, 0.4) is 0 Å². The van der Waals surface area contributed by atoms with Gasteiger partial charge in [-0.05, 0) is 88.6 Å². The van der Waals surface area contributed by atoms with Crippen LogP contribution < -0.4 is 0 Å². The van der Waals surface area contributed by atoms with Crippen molar-refractivity contribution in [3.63, 3.8) is 0 Å². The topological polar surface area (TPSA) is 23.6 Å². The van der Waals surface area contributed by atoms with Crippen LogP contribution in [0.15, 0.2) is 23.8 Å². The largest absolute Gasteiger partial charge is 0.299 e. The van der Waals surface area contributed by atoms with Gasteiger partial charge >= 0.3 is 0 Å². The molecule has 6 atom stereocenters. The van der Waals surface area contributed by atoms with Crippen molar-refractivity contribution in [2.24, 2.45) is 23.7 Å². The molecule has 0 N–H and O–H groups in total. The fraction of sp³-hybridized carbons (Fsp3) is 0.839. The average molecular weight is 467 g/mol. The van der Waals surface area contributed by atoms with Crippen molar-refractivity contribution < 1.29 is 4.79 Å². The third kappa shape index (κ3) is 6.06. The van der Waals surface area contributed by atoms with Crippen LogP contribution in [0, 0.1) is 23.7 Å². The van der Waals surface area contributed by atoms with E-state index in [1.807, 2.05) is 0 Å². The number of rotatable bonds is 0. The number of nitrogens with zero attached hydrogens (tertiary/aromatic N) is 2. The molecule has 34 heavy (non-hydrogen) atoms. The molecule has 0 aromatic carbocycles. The van der Waals surface area contributed by atoms with E-state index in [0.29, 0.717) is 23.7 Å². The number of hydrogen-bond acceptors (Lipinski definition) is 3. The molecule has 3 heteroatoms. The molecule has 0 spiro atoms. The summed E-state index contributed by atoms with van der Waals surface area (Å²) in [5, 5.41) is 0. The van der Waals surface area contributed by atoms with Gasteiger partial charge in [0.1, 0.15) is 5.78 Å². The minimum Gasteiger partial charge on any atom is -0.299 e. The number of fused-ring (bicyclic) bond motifs is 1. The van der Waals surface area contributed by atoms with Crippen molar-refractivity contribution >= 4 is 5.78 Å². The van der Waals surface area contributed by atoms with E-state index in [-0.39, 0.29) is 0 Å². The molecule has 1 aliphatic carbocycles. The second kappa shape index (κ2) is 12.3. The van der Waals surface area contributed by atoms with Gasteiger partial charge in [0.2, 0.25) is 0 Å². The summed E-state index contributed by atoms with van der Waals surface area (Å²) in [6.07, 6.45) is 28.2. The summed E-state index contributed by atoms with van der Waals surface area (Å²) < 4.78 is 0. The quantitative estimate of drug-likeness (QED) is 0.367. The number of hydrogen-bond donors (Lipinski definition) is 0. The van der Waals surface area contributed by atoms with Crippen molar-refractivity contribution in [2.45, 2.75) is 109 Å². The Morgan fingerprint density at radius 1 is 0.706 bits per heavy atom. The van der Waals surface area contributed by atoms with Gasteiger partial charge < -0.3 is 0 Å². The molecule has 0 aromatic heterocycles. The van der Waals surface area contributed by atoms with Crippen molar-refractivity contribution in [3.05, 3.63) is 23.8 Å². The van der Waals surface area contributed by atoms with E-state index in [2.05, 4.69) is 28.0 Å². The van der Waals surface area contributed by atoms with E-state index in [9.17, 15) is 4.79 Å². The fourth-order valence-electron chi connectivity index (χ4n) is 8.28. The van der Waals surface area contributed by atoms with Gasteiger partial charge in [0.25, 0.3) is 0 Å². The van der Waals surface area contributed by atoms with Crippen molar-refractivity contribution in [3.8, 4) is 0 Å². The van der Waals surface area contributed by atoms with Crippen LogP contribution in [0.5, 0.6) is 0 Å². The molecule has 4 aliphatic heterocycles. The zero-order valence-corrected chi connectivity index (χ0v) is 21.8. The second-order valence-corrected chi connectivity index (χ2v) is 12.2. The number of carbonyl (C=O) groups is 1. The van der Waals surface area contributed by atoms with Gasteiger partial charge in [-0.3, -0.25) is 14.6 Å². The van der Waals surface area contributed by atoms with Crippen LogP contribution >= 0.6 is 0 Å². The van der Waals surface area contributed by atoms with Gasteiger partial charge in [-0.2, -0.15) is 0 Å². The lowest BCUT2D eigenvalue weighted by Gasteiger charge is -2.53. The number of Topliss-reactive ketones (excluding diaryl/α,β-unsaturated/α-hetero) is 1. The molecule has 2 unspecified atom stereocenters. The van der Waals surface area contributed by atoms with Crippen molar-refractivity contribution in [1.29, 1.82) is 0 Å². The molecule has 2 saturated heterocycles. The first-order chi connectivity index (χ1) is 16.8. The minimum atomic E-state index is 0.321. The highest BCUT2D eigenvalue weighted by Crippen LogP contribution is 2.45. The first-order valence-electron chi connectivity index (χ1n) is 15.1. The smallest absolute Gasteiger partial charge is 0.138 e. The summed E-state index contributed by atoms with van der Waals surface area (Å²) >= 11 is 0. The summed E-state index contributed by atoms with van der Waals surface area (Å²) in [5.41, 5.74) is 1.74. The van der Waals surface area contributed by atoms with Crippen LogP contribution in [0.25, 0.3) is 0 Å². The molecule has 3 nitrogen and oxygen atoms in total. The molecule has 4 heterocycles. The molecule has 5 aliphatic rings. The lowest BCUT2D eigenvalue weighted by molar-refractivity contribution is -0.135. The summed E-state index contributed by atoms with van der Waals surface area (Å²) in [5.74, 6) is 3.14. The van der Waals surface area contributed by atoms with E-state index in [1.165, 1.54) is 116 Å². The zero-order valence-electron chi connectivity index (χ0n) is 21.8. The number of piperidine rings is 2. The first kappa shape index (κ1) is 24.8. The van der Waals surface area contributed by atoms with Gasteiger partial charge in [0.05, 0.1) is 0 Å². The van der Waals surface area contributed by atoms with E-state index in [1.54, 1.807) is 5.57 Å². The van der Waals surface area contributed by atoms with Crippen LogP contribution in [-0.2, 0) is 4.79 Å². The standard InChI is InChI=1S/C31H50N2O/c34-30-18-21-33-20-17-27-26-22-25-14-10-7-8-12-16-29(30)31(33)28(27)15-11-6-4-2-1-3-5-9-13-19-32(23-25)24-26/h3,5,22,26-29,31H,1-2,4,6-21,23-24H2/b5-3-/t26?,27-,28-,29-,31+/m0/s1. The fourth-order valence-corrected chi connectivity index (χ4v) is 8.28. The molecule has 0 amide bonds. The highest BCUT2D eigenvalue weighted by molar-refractivity contribution is 5.82. The second-order valence-electron chi connectivity index (χ2n) is 12.2. The Bertz CT molecular complexity index is 727. The van der Waals surface area contributed by atoms with E-state index < -0.39 is 0 Å². The molecule has 2 fully saturated rings. The lowest BCUT2D eigenvalue weighted by atomic mass is 9.64. The molecule has 0 radical (unpaired) electrons. The molecule has 6 bridgehead atoms. The maximum Gasteiger partial charge on any atom is 0.138 e. The maximum atomic E-state index is 13.3. The van der Waals surface area contributed by atoms with Gasteiger partial charge in [-0.15, -0.1) is 0 Å². The van der Waals surface area contributed by atoms with Crippen molar-refractivity contribution in [2.75, 3.05) is 32.7 Å². The van der Waals surface area contributed by atoms with Gasteiger partial charge in [-0.1, -0.05) is 62.3 Å². The highest BCUT2D eigenvalue weighted by Gasteiger charge is 2.48. The zero-order chi connectivity index (χ0) is 23.2. The van der Waals surface area contributed by atoms with Gasteiger partial charge in [0.15, 0.2) is 0 Å². The van der Waals surface area contributed by atoms with Crippen molar-refractivity contribution in [1.82, 2.24) is 9.80 Å². The lowest BCUT2D eigenvalue weighted by Crippen LogP contribution is -2.59. The molecule has 190 valence electrons. The molecule has 5 rings (SSSR count). The summed E-state index contributed by atoms with van der Waals surface area (Å²) in [6, 6.07) is 0.537. The number of ketones is 1. The molecule has 0 aromatic rings. The summed E-state index contributed by atoms with van der Waals surface area (Å²) in [4.78, 5) is 18.9. The Balaban J connectivity index is 1.45. The Kier molecular flexibility index (Phi) is 8.99. The Labute approximate surface area is 209 Å². The summed E-state index contributed by atoms with van der Waals surface area (Å²) in [6.45, 7) is 6.01. The molecule has 0 saturated carbocycles. The maximum absolute atomic E-state index is 13.3. The van der Waals surface area contributed by atoms with Crippen LogP contribution in [0.1, 0.15) is 103 Å². The highest BCUT2D eigenvalue weighted by atomic mass is 16.1. The Morgan fingerprint density at radius 2 is 1.50 bits per heavy atom. The van der Waals surface area contributed by atoms with Gasteiger partial charge in [0, 0.05) is 38.0 Å². The monoisotopic (exact) mass is 466 g/mol. The summed E-state index contributed by atoms with van der Waals surface area (Å²) in [7, 11) is 0. The third-order valence-electron chi connectivity index (χ3n) is 9.96. The predicted molar refractivity (Wildman–Crippen MR) is 142 cm³/mol. The van der Waals surface area contributed by atoms with Crippen LogP contribution in [0.2, 0.25) is 0 Å². The van der Waals surface area contributed by atoms with E-state index in [4.69, 9.17) is 0 Å². The third-order valence-corrected chi connectivity index (χ3v) is 9.96. The average Bonchev–Trinajstić information content (AvgIpc) is 2.85. The number of allylic oxidation sites excluding steroid dienone is 2. The van der Waals surface area contributed by atoms with Gasteiger partial charge in [-0.25, -0.2) is 0 Å². The van der Waals surface area contributed by atoms with E-state index >= 15 is 0 Å².